The second-order valence-electron chi connectivity index (χ2n) is 3.49. The van der Waals surface area contributed by atoms with Gasteiger partial charge in [-0.05, 0) is 31.0 Å². The topological polar surface area (TPSA) is 67.2 Å². The zero-order chi connectivity index (χ0) is 9.97. The van der Waals surface area contributed by atoms with Crippen molar-refractivity contribution in [1.82, 2.24) is 0 Å². The zero-order valence-corrected chi connectivity index (χ0v) is 7.79. The van der Waals surface area contributed by atoms with Gasteiger partial charge in [0.05, 0.1) is 0 Å². The van der Waals surface area contributed by atoms with Crippen molar-refractivity contribution in [3.63, 3.8) is 0 Å². The molecule has 1 aromatic carbocycles. The van der Waals surface area contributed by atoms with E-state index in [4.69, 9.17) is 5.73 Å². The van der Waals surface area contributed by atoms with Crippen molar-refractivity contribution in [2.24, 2.45) is 5.73 Å². The average Bonchev–Trinajstić information content (AvgIpc) is 2.87. The number of carbonyl (C=O) groups excluding carboxylic acids is 1. The number of amides is 2. The minimum Gasteiger partial charge on any atom is -0.382 e. The predicted molar refractivity (Wildman–Crippen MR) is 56.3 cm³/mol. The maximum absolute atomic E-state index is 10.6. The Morgan fingerprint density at radius 2 is 2.07 bits per heavy atom. The first-order valence-corrected chi connectivity index (χ1v) is 4.67. The summed E-state index contributed by atoms with van der Waals surface area (Å²) in [4.78, 5) is 10.6. The summed E-state index contributed by atoms with van der Waals surface area (Å²) in [6.45, 7) is 0. The summed E-state index contributed by atoms with van der Waals surface area (Å²) >= 11 is 0. The molecule has 0 saturated heterocycles. The molecule has 1 saturated carbocycles. The maximum atomic E-state index is 10.6. The van der Waals surface area contributed by atoms with Gasteiger partial charge in [0.2, 0.25) is 0 Å². The maximum Gasteiger partial charge on any atom is 0.316 e. The lowest BCUT2D eigenvalue weighted by molar-refractivity contribution is 0.259. The molecule has 1 fully saturated rings. The zero-order valence-electron chi connectivity index (χ0n) is 7.79. The van der Waals surface area contributed by atoms with Crippen LogP contribution in [0.5, 0.6) is 0 Å². The number of anilines is 2. The summed E-state index contributed by atoms with van der Waals surface area (Å²) in [5.74, 6) is 0. The van der Waals surface area contributed by atoms with E-state index in [0.29, 0.717) is 6.04 Å². The van der Waals surface area contributed by atoms with Gasteiger partial charge in [0.1, 0.15) is 0 Å². The van der Waals surface area contributed by atoms with Crippen LogP contribution in [0.2, 0.25) is 0 Å². The van der Waals surface area contributed by atoms with E-state index in [2.05, 4.69) is 10.6 Å². The van der Waals surface area contributed by atoms with Crippen molar-refractivity contribution >= 4 is 17.4 Å². The van der Waals surface area contributed by atoms with E-state index in [9.17, 15) is 4.79 Å². The average molecular weight is 191 g/mol. The summed E-state index contributed by atoms with van der Waals surface area (Å²) in [5, 5.41) is 5.88. The summed E-state index contributed by atoms with van der Waals surface area (Å²) in [5.41, 5.74) is 6.77. The van der Waals surface area contributed by atoms with Gasteiger partial charge < -0.3 is 16.4 Å². The number of urea groups is 1. The Kier molecular flexibility index (Phi) is 2.26. The van der Waals surface area contributed by atoms with Crippen LogP contribution >= 0.6 is 0 Å². The molecule has 0 radical (unpaired) electrons. The van der Waals surface area contributed by atoms with Crippen LogP contribution in [-0.4, -0.2) is 12.1 Å². The number of hydrogen-bond donors (Lipinski definition) is 3. The van der Waals surface area contributed by atoms with Crippen LogP contribution in [0.25, 0.3) is 0 Å². The van der Waals surface area contributed by atoms with E-state index in [1.807, 2.05) is 24.3 Å². The Balaban J connectivity index is 2.05. The SMILES string of the molecule is NC(=O)Nc1cccc(NC2CC2)c1. The standard InChI is InChI=1S/C10H13N3O/c11-10(14)13-9-3-1-2-8(6-9)12-7-4-5-7/h1-3,6-7,12H,4-5H2,(H3,11,13,14). The Morgan fingerprint density at radius 1 is 1.36 bits per heavy atom. The lowest BCUT2D eigenvalue weighted by Crippen LogP contribution is -2.19. The lowest BCUT2D eigenvalue weighted by atomic mass is 10.2. The molecule has 2 amide bonds. The molecular weight excluding hydrogens is 178 g/mol. The molecule has 0 unspecified atom stereocenters. The molecule has 0 bridgehead atoms. The highest BCUT2D eigenvalue weighted by molar-refractivity contribution is 5.88. The fourth-order valence-electron chi connectivity index (χ4n) is 1.29. The third-order valence-corrected chi connectivity index (χ3v) is 2.08. The van der Waals surface area contributed by atoms with Gasteiger partial charge in [0.15, 0.2) is 0 Å². The molecule has 0 aliphatic heterocycles. The number of nitrogens with two attached hydrogens (primary N) is 1. The molecular formula is C10H13N3O. The molecule has 4 heteroatoms. The van der Waals surface area contributed by atoms with E-state index in [-0.39, 0.29) is 0 Å². The molecule has 1 aromatic rings. The van der Waals surface area contributed by atoms with E-state index < -0.39 is 6.03 Å². The van der Waals surface area contributed by atoms with Crippen molar-refractivity contribution in [1.29, 1.82) is 0 Å². The van der Waals surface area contributed by atoms with Gasteiger partial charge >= 0.3 is 6.03 Å². The number of nitrogens with one attached hydrogen (secondary N) is 2. The second kappa shape index (κ2) is 3.57. The molecule has 74 valence electrons. The third-order valence-electron chi connectivity index (χ3n) is 2.08. The monoisotopic (exact) mass is 191 g/mol. The van der Waals surface area contributed by atoms with Crippen LogP contribution in [0.1, 0.15) is 12.8 Å². The first-order valence-electron chi connectivity index (χ1n) is 4.67. The molecule has 0 heterocycles. The quantitative estimate of drug-likeness (QED) is 0.681. The van der Waals surface area contributed by atoms with Crippen molar-refractivity contribution in [2.75, 3.05) is 10.6 Å². The van der Waals surface area contributed by atoms with E-state index in [1.54, 1.807) is 0 Å². The van der Waals surface area contributed by atoms with Gasteiger partial charge in [-0.3, -0.25) is 0 Å². The number of hydrogen-bond acceptors (Lipinski definition) is 2. The largest absolute Gasteiger partial charge is 0.382 e. The molecule has 14 heavy (non-hydrogen) atoms. The summed E-state index contributed by atoms with van der Waals surface area (Å²) in [6, 6.07) is 7.62. The highest BCUT2D eigenvalue weighted by Gasteiger charge is 2.20. The molecule has 1 aliphatic rings. The van der Waals surface area contributed by atoms with Crippen LogP contribution in [-0.2, 0) is 0 Å². The van der Waals surface area contributed by atoms with Crippen LogP contribution in [0, 0.1) is 0 Å². The summed E-state index contributed by atoms with van der Waals surface area (Å²) in [6.07, 6.45) is 2.46. The number of benzene rings is 1. The van der Waals surface area contributed by atoms with Gasteiger partial charge in [-0.2, -0.15) is 0 Å². The van der Waals surface area contributed by atoms with Crippen LogP contribution in [0.4, 0.5) is 16.2 Å². The van der Waals surface area contributed by atoms with Crippen molar-refractivity contribution in [3.8, 4) is 0 Å². The molecule has 4 nitrogen and oxygen atoms in total. The fraction of sp³-hybridized carbons (Fsp3) is 0.300. The van der Waals surface area contributed by atoms with Crippen molar-refractivity contribution < 1.29 is 4.79 Å². The number of primary amides is 1. The smallest absolute Gasteiger partial charge is 0.316 e. The highest BCUT2D eigenvalue weighted by Crippen LogP contribution is 2.25. The Morgan fingerprint density at radius 3 is 2.71 bits per heavy atom. The van der Waals surface area contributed by atoms with Gasteiger partial charge in [0.25, 0.3) is 0 Å². The van der Waals surface area contributed by atoms with E-state index in [0.717, 1.165) is 11.4 Å². The Labute approximate surface area is 82.5 Å². The van der Waals surface area contributed by atoms with Crippen molar-refractivity contribution in [2.45, 2.75) is 18.9 Å². The normalized spacial score (nSPS) is 14.9. The third kappa shape index (κ3) is 2.39. The first kappa shape index (κ1) is 8.87. The molecule has 0 atom stereocenters. The highest BCUT2D eigenvalue weighted by atomic mass is 16.2. The Hall–Kier alpha value is -1.71. The van der Waals surface area contributed by atoms with Crippen LogP contribution < -0.4 is 16.4 Å². The van der Waals surface area contributed by atoms with Gasteiger partial charge in [-0.15, -0.1) is 0 Å². The minimum absolute atomic E-state index is 0.534. The molecule has 2 rings (SSSR count). The number of rotatable bonds is 3. The van der Waals surface area contributed by atoms with Crippen LogP contribution in [0.3, 0.4) is 0 Å². The fourth-order valence-corrected chi connectivity index (χ4v) is 1.29. The van der Waals surface area contributed by atoms with E-state index >= 15 is 0 Å². The molecule has 1 aliphatic carbocycles. The predicted octanol–water partition coefficient (Wildman–Crippen LogP) is 1.75. The minimum atomic E-state index is -0.534. The summed E-state index contributed by atoms with van der Waals surface area (Å²) in [7, 11) is 0. The molecule has 0 aromatic heterocycles. The van der Waals surface area contributed by atoms with Gasteiger partial charge in [0, 0.05) is 17.4 Å². The van der Waals surface area contributed by atoms with E-state index in [1.165, 1.54) is 12.8 Å². The summed E-state index contributed by atoms with van der Waals surface area (Å²) < 4.78 is 0. The van der Waals surface area contributed by atoms with Gasteiger partial charge in [-0.1, -0.05) is 6.07 Å². The Bertz CT molecular complexity index is 347. The van der Waals surface area contributed by atoms with Crippen molar-refractivity contribution in [3.05, 3.63) is 24.3 Å². The lowest BCUT2D eigenvalue weighted by Gasteiger charge is -2.06. The first-order chi connectivity index (χ1) is 6.74. The number of carbonyl (C=O) groups is 1. The molecule has 0 spiro atoms. The van der Waals surface area contributed by atoms with Crippen LogP contribution in [0.15, 0.2) is 24.3 Å². The van der Waals surface area contributed by atoms with Gasteiger partial charge in [-0.25, -0.2) is 4.79 Å². The second-order valence-corrected chi connectivity index (χ2v) is 3.49. The molecule has 4 N–H and O–H groups in total.